The molecule has 0 fully saturated rings. The summed E-state index contributed by atoms with van der Waals surface area (Å²) >= 11 is 3.74. The number of anilines is 6. The van der Waals surface area contributed by atoms with Crippen LogP contribution < -0.4 is 9.80 Å². The van der Waals surface area contributed by atoms with Crippen molar-refractivity contribution < 1.29 is 0 Å². The van der Waals surface area contributed by atoms with E-state index in [1.807, 2.05) is 22.7 Å². The van der Waals surface area contributed by atoms with Gasteiger partial charge in [0.05, 0.1) is 28.2 Å². The molecule has 538 valence electrons. The van der Waals surface area contributed by atoms with Gasteiger partial charge < -0.3 is 9.80 Å². The lowest BCUT2D eigenvalue weighted by Gasteiger charge is -2.34. The zero-order valence-electron chi connectivity index (χ0n) is 62.8. The van der Waals surface area contributed by atoms with Crippen LogP contribution in [-0.4, -0.2) is 0 Å². The van der Waals surface area contributed by atoms with Crippen LogP contribution in [0.25, 0.3) is 151 Å². The molecule has 22 rings (SSSR count). The van der Waals surface area contributed by atoms with Crippen LogP contribution in [0, 0.1) is 0 Å². The molecule has 0 spiro atoms. The smallest absolute Gasteiger partial charge is 0.0714 e. The Kier molecular flexibility index (Phi) is 16.6. The molecule has 2 nitrogen and oxygen atoms in total. The fourth-order valence-corrected chi connectivity index (χ4v) is 20.9. The minimum atomic E-state index is -0.605. The van der Waals surface area contributed by atoms with Gasteiger partial charge in [-0.25, -0.2) is 0 Å². The zero-order chi connectivity index (χ0) is 75.9. The summed E-state index contributed by atoms with van der Waals surface area (Å²) in [7, 11) is 0. The minimum absolute atomic E-state index is 0.605. The van der Waals surface area contributed by atoms with Crippen molar-refractivity contribution in [2.75, 3.05) is 9.80 Å². The number of rotatable bonds is 15. The number of para-hydroxylation sites is 3. The lowest BCUT2D eigenvalue weighted by molar-refractivity contribution is 0.768. The van der Waals surface area contributed by atoms with Crippen LogP contribution in [0.15, 0.2) is 437 Å². The van der Waals surface area contributed by atoms with Gasteiger partial charge in [-0.15, -0.1) is 22.7 Å². The van der Waals surface area contributed by atoms with Crippen molar-refractivity contribution in [3.05, 3.63) is 459 Å². The molecule has 115 heavy (non-hydrogen) atoms. The van der Waals surface area contributed by atoms with Gasteiger partial charge in [-0.05, 0) is 202 Å². The van der Waals surface area contributed by atoms with Gasteiger partial charge in [0.1, 0.15) is 0 Å². The van der Waals surface area contributed by atoms with Crippen molar-refractivity contribution in [3.8, 4) is 89.0 Å². The van der Waals surface area contributed by atoms with E-state index in [0.29, 0.717) is 0 Å². The number of thiophene rings is 2. The SMILES string of the molecule is c1ccc(-c2ccccc2N(c2ccc(-c3ccc4c(c3)sc3cccc(-c5ccccc5N(c5ccc(-c6cccc(-c7ccc8ccccc8c7)c6)cc5)c5cccc6c5-c5ccccc5C6(c5ccccc5)c5ccccc5)c34)c(-c3ccc4ccccc4c3)c2)c2ccccc2-c2cccc3sc4ccccc4c23)cc1. The van der Waals surface area contributed by atoms with Crippen LogP contribution in [0.1, 0.15) is 22.3 Å². The van der Waals surface area contributed by atoms with Crippen molar-refractivity contribution in [1.29, 1.82) is 0 Å². The average molecular weight is 1500 g/mol. The Morgan fingerprint density at radius 1 is 0.191 bits per heavy atom. The molecule has 21 aromatic rings. The summed E-state index contributed by atoms with van der Waals surface area (Å²) in [5, 5.41) is 9.89. The van der Waals surface area contributed by atoms with E-state index in [2.05, 4.69) is 447 Å². The van der Waals surface area contributed by atoms with Crippen LogP contribution in [0.4, 0.5) is 34.1 Å². The second-order valence-electron chi connectivity index (χ2n) is 30.1. The van der Waals surface area contributed by atoms with Crippen LogP contribution in [-0.2, 0) is 5.41 Å². The van der Waals surface area contributed by atoms with E-state index < -0.39 is 5.41 Å². The predicted octanol–water partition coefficient (Wildman–Crippen LogP) is 31.7. The van der Waals surface area contributed by atoms with Gasteiger partial charge in [0.25, 0.3) is 0 Å². The summed E-state index contributed by atoms with van der Waals surface area (Å²) in [6.45, 7) is 0. The van der Waals surface area contributed by atoms with E-state index in [9.17, 15) is 0 Å². The molecular formula is C111H72N2S2. The third-order valence-electron chi connectivity index (χ3n) is 23.7. The highest BCUT2D eigenvalue weighted by molar-refractivity contribution is 7.26. The maximum Gasteiger partial charge on any atom is 0.0714 e. The minimum Gasteiger partial charge on any atom is -0.309 e. The highest BCUT2D eigenvalue weighted by atomic mass is 32.1. The van der Waals surface area contributed by atoms with Gasteiger partial charge in [-0.2, -0.15) is 0 Å². The first-order chi connectivity index (χ1) is 57.0. The molecule has 4 heteroatoms. The Morgan fingerprint density at radius 2 is 0.609 bits per heavy atom. The highest BCUT2D eigenvalue weighted by Crippen LogP contribution is 2.61. The van der Waals surface area contributed by atoms with E-state index in [0.717, 1.165) is 89.8 Å². The molecule has 0 bridgehead atoms. The molecule has 0 N–H and O–H groups in total. The molecule has 2 heterocycles. The summed E-state index contributed by atoms with van der Waals surface area (Å²) in [6.07, 6.45) is 0. The van der Waals surface area contributed by atoms with Crippen molar-refractivity contribution >= 4 is 119 Å². The fraction of sp³-hybridized carbons (Fsp3) is 0.00901. The van der Waals surface area contributed by atoms with Gasteiger partial charge in [0.15, 0.2) is 0 Å². The number of benzene rings is 19. The van der Waals surface area contributed by atoms with Crippen LogP contribution >= 0.6 is 22.7 Å². The maximum absolute atomic E-state index is 2.56. The third kappa shape index (κ3) is 11.4. The fourth-order valence-electron chi connectivity index (χ4n) is 18.6. The molecule has 0 aliphatic heterocycles. The Labute approximate surface area is 676 Å². The van der Waals surface area contributed by atoms with Crippen LogP contribution in [0.5, 0.6) is 0 Å². The normalized spacial score (nSPS) is 12.2. The lowest BCUT2D eigenvalue weighted by atomic mass is 9.68. The van der Waals surface area contributed by atoms with Gasteiger partial charge in [0, 0.05) is 74.0 Å². The second kappa shape index (κ2) is 28.2. The van der Waals surface area contributed by atoms with Gasteiger partial charge >= 0.3 is 0 Å². The molecular weight excluding hydrogens is 1430 g/mol. The van der Waals surface area contributed by atoms with E-state index in [4.69, 9.17) is 0 Å². The molecule has 0 radical (unpaired) electrons. The van der Waals surface area contributed by atoms with Crippen LogP contribution in [0.2, 0.25) is 0 Å². The van der Waals surface area contributed by atoms with Crippen molar-refractivity contribution in [2.45, 2.75) is 5.41 Å². The van der Waals surface area contributed by atoms with E-state index in [1.54, 1.807) is 0 Å². The average Bonchev–Trinajstić information content (AvgIpc) is 1.53. The monoisotopic (exact) mass is 1500 g/mol. The molecule has 0 saturated carbocycles. The molecule has 1 aliphatic carbocycles. The second-order valence-corrected chi connectivity index (χ2v) is 32.2. The Bertz CT molecular complexity index is 7320. The van der Waals surface area contributed by atoms with Gasteiger partial charge in [-0.1, -0.05) is 346 Å². The number of hydrogen-bond donors (Lipinski definition) is 0. The first kappa shape index (κ1) is 67.6. The van der Waals surface area contributed by atoms with E-state index in [1.165, 1.54) is 118 Å². The topological polar surface area (TPSA) is 6.48 Å². The van der Waals surface area contributed by atoms with Crippen molar-refractivity contribution in [2.24, 2.45) is 0 Å². The lowest BCUT2D eigenvalue weighted by Crippen LogP contribution is -2.28. The highest BCUT2D eigenvalue weighted by Gasteiger charge is 2.47. The summed E-state index contributed by atoms with van der Waals surface area (Å²) in [5.74, 6) is 0. The number of nitrogens with zero attached hydrogens (tertiary/aromatic N) is 2. The molecule has 0 unspecified atom stereocenters. The first-order valence-electron chi connectivity index (χ1n) is 39.5. The Morgan fingerprint density at radius 3 is 1.28 bits per heavy atom. The van der Waals surface area contributed by atoms with Gasteiger partial charge in [-0.3, -0.25) is 0 Å². The molecule has 0 saturated heterocycles. The zero-order valence-corrected chi connectivity index (χ0v) is 64.4. The van der Waals surface area contributed by atoms with Gasteiger partial charge in [0.2, 0.25) is 0 Å². The Balaban J connectivity index is 0.715. The summed E-state index contributed by atoms with van der Waals surface area (Å²) < 4.78 is 5.01. The van der Waals surface area contributed by atoms with Crippen LogP contribution in [0.3, 0.4) is 0 Å². The molecule has 1 aliphatic rings. The molecule has 2 aromatic heterocycles. The summed E-state index contributed by atoms with van der Waals surface area (Å²) in [4.78, 5) is 5.08. The predicted molar refractivity (Wildman–Crippen MR) is 492 cm³/mol. The molecule has 0 atom stereocenters. The quantitative estimate of drug-likeness (QED) is 0.101. The molecule has 19 aromatic carbocycles. The van der Waals surface area contributed by atoms with E-state index in [-0.39, 0.29) is 0 Å². The largest absolute Gasteiger partial charge is 0.309 e. The number of fused-ring (bicyclic) bond motifs is 11. The van der Waals surface area contributed by atoms with Crippen molar-refractivity contribution in [1.82, 2.24) is 0 Å². The Hall–Kier alpha value is -14.3. The molecule has 0 amide bonds. The first-order valence-corrected chi connectivity index (χ1v) is 41.1. The third-order valence-corrected chi connectivity index (χ3v) is 26.0. The standard InChI is InChI=1S/C111H72N2S2/c1-4-30-76(31-5-1)89-40-15-20-49-100(89)113(102-51-22-17-42-91(102)92-45-25-54-105-108(92)95-44-18-23-53-104(95)114-105)87-65-67-88(97(72-87)82-59-57-74-29-11-13-33-78(74)70-82)83-62-66-96-107(71-83)115-106-55-26-46-93(109(96)106)90-41-16-21-50-101(90)112(86-63-60-75(61-64-86)79-34-24-35-80(68-79)81-58-56-73-28-10-12-32-77(73)69-81)103-52-27-48-99-110(103)94-43-14-19-47-98(94)111(99,84-36-6-2-7-37-84)85-38-8-3-9-39-85/h1-72H. The summed E-state index contributed by atoms with van der Waals surface area (Å²) in [5.41, 5.74) is 29.6. The maximum atomic E-state index is 2.56. The van der Waals surface area contributed by atoms with Crippen molar-refractivity contribution in [3.63, 3.8) is 0 Å². The number of hydrogen-bond acceptors (Lipinski definition) is 4. The summed E-state index contributed by atoms with van der Waals surface area (Å²) in [6, 6.07) is 163. The van der Waals surface area contributed by atoms with E-state index >= 15 is 0 Å².